The minimum absolute atomic E-state index is 0.000883. The first-order valence-electron chi connectivity index (χ1n) is 7.20. The topological polar surface area (TPSA) is 89.5 Å². The van der Waals surface area contributed by atoms with Crippen LogP contribution < -0.4 is 5.32 Å². The number of ether oxygens (including phenoxy) is 1. The lowest BCUT2D eigenvalue weighted by Gasteiger charge is -2.10. The predicted octanol–water partition coefficient (Wildman–Crippen LogP) is 2.85. The van der Waals surface area contributed by atoms with E-state index in [1.807, 2.05) is 0 Å². The fourth-order valence-electron chi connectivity index (χ4n) is 2.00. The molecule has 0 atom stereocenters. The number of benzene rings is 2. The van der Waals surface area contributed by atoms with Crippen molar-refractivity contribution in [2.45, 2.75) is 11.8 Å². The van der Waals surface area contributed by atoms with Crippen molar-refractivity contribution in [3.63, 3.8) is 0 Å². The molecule has 0 fully saturated rings. The van der Waals surface area contributed by atoms with Gasteiger partial charge in [0, 0.05) is 17.0 Å². The van der Waals surface area contributed by atoms with Crippen LogP contribution in [0.15, 0.2) is 47.4 Å². The van der Waals surface area contributed by atoms with Crippen molar-refractivity contribution in [2.24, 2.45) is 0 Å². The Hall–Kier alpha value is -2.38. The summed E-state index contributed by atoms with van der Waals surface area (Å²) in [6.45, 7) is 1.24. The molecule has 0 saturated heterocycles. The molecule has 6 nitrogen and oxygen atoms in total. The van der Waals surface area contributed by atoms with Crippen molar-refractivity contribution >= 4 is 39.0 Å². The first-order valence-corrected chi connectivity index (χ1v) is 9.47. The van der Waals surface area contributed by atoms with Crippen LogP contribution in [0.1, 0.15) is 15.9 Å². The second-order valence-corrected chi connectivity index (χ2v) is 7.76. The second kappa shape index (κ2) is 7.67. The normalized spacial score (nSPS) is 11.0. The fraction of sp³-hybridized carbons (Fsp3) is 0.176. The van der Waals surface area contributed by atoms with Gasteiger partial charge in [0.15, 0.2) is 16.4 Å². The zero-order chi connectivity index (χ0) is 18.6. The molecule has 0 heterocycles. The number of carbonyl (C=O) groups is 2. The molecule has 2 rings (SSSR count). The summed E-state index contributed by atoms with van der Waals surface area (Å²) in [5, 5.41) is 3.10. The molecule has 8 heteroatoms. The lowest BCUT2D eigenvalue weighted by atomic mass is 10.2. The summed E-state index contributed by atoms with van der Waals surface area (Å²) in [6.07, 6.45) is 1.04. The molecular formula is C17H16ClNO5S. The van der Waals surface area contributed by atoms with Crippen molar-refractivity contribution < 1.29 is 22.7 Å². The van der Waals surface area contributed by atoms with Crippen LogP contribution in [0.2, 0.25) is 5.02 Å². The van der Waals surface area contributed by atoms with Crippen LogP contribution in [0.4, 0.5) is 5.69 Å². The van der Waals surface area contributed by atoms with Gasteiger partial charge in [-0.05, 0) is 42.8 Å². The number of nitrogens with one attached hydrogen (secondary N) is 1. The molecule has 132 valence electrons. The van der Waals surface area contributed by atoms with Crippen LogP contribution in [0.25, 0.3) is 0 Å². The summed E-state index contributed by atoms with van der Waals surface area (Å²) in [5.74, 6) is -1.32. The molecule has 0 radical (unpaired) electrons. The second-order valence-electron chi connectivity index (χ2n) is 5.34. The van der Waals surface area contributed by atoms with E-state index >= 15 is 0 Å². The maximum absolute atomic E-state index is 12.0. The van der Waals surface area contributed by atoms with Crippen molar-refractivity contribution in [1.82, 2.24) is 0 Å². The van der Waals surface area contributed by atoms with E-state index in [1.54, 1.807) is 25.1 Å². The van der Waals surface area contributed by atoms with Gasteiger partial charge in [-0.25, -0.2) is 13.2 Å². The molecule has 0 unspecified atom stereocenters. The summed E-state index contributed by atoms with van der Waals surface area (Å²) in [4.78, 5) is 23.9. The molecule has 0 spiro atoms. The van der Waals surface area contributed by atoms with E-state index in [0.29, 0.717) is 16.3 Å². The summed E-state index contributed by atoms with van der Waals surface area (Å²) in [6, 6.07) is 10.5. The molecule has 0 saturated carbocycles. The maximum Gasteiger partial charge on any atom is 0.338 e. The number of hydrogen-bond acceptors (Lipinski definition) is 5. The van der Waals surface area contributed by atoms with Gasteiger partial charge in [0.2, 0.25) is 0 Å². The number of sulfone groups is 1. The Bertz CT molecular complexity index is 924. The highest BCUT2D eigenvalue weighted by Gasteiger charge is 2.14. The third-order valence-electron chi connectivity index (χ3n) is 3.37. The molecule has 0 aliphatic heterocycles. The van der Waals surface area contributed by atoms with Gasteiger partial charge in [0.05, 0.1) is 10.5 Å². The highest BCUT2D eigenvalue weighted by Crippen LogP contribution is 2.22. The first-order chi connectivity index (χ1) is 11.7. The van der Waals surface area contributed by atoms with Gasteiger partial charge in [0.25, 0.3) is 5.91 Å². The van der Waals surface area contributed by atoms with Gasteiger partial charge in [-0.1, -0.05) is 23.7 Å². The van der Waals surface area contributed by atoms with Crippen LogP contribution in [-0.2, 0) is 19.4 Å². The molecule has 1 amide bonds. The highest BCUT2D eigenvalue weighted by molar-refractivity contribution is 7.90. The van der Waals surface area contributed by atoms with Gasteiger partial charge < -0.3 is 10.1 Å². The molecule has 2 aromatic rings. The van der Waals surface area contributed by atoms with Gasteiger partial charge >= 0.3 is 5.97 Å². The quantitative estimate of drug-likeness (QED) is 0.804. The Morgan fingerprint density at radius 3 is 2.52 bits per heavy atom. The Balaban J connectivity index is 2.00. The predicted molar refractivity (Wildman–Crippen MR) is 94.7 cm³/mol. The van der Waals surface area contributed by atoms with Gasteiger partial charge in [-0.3, -0.25) is 4.79 Å². The van der Waals surface area contributed by atoms with E-state index in [-0.39, 0.29) is 10.5 Å². The zero-order valence-corrected chi connectivity index (χ0v) is 15.1. The number of halogens is 1. The number of amides is 1. The Kier molecular flexibility index (Phi) is 5.81. The number of rotatable bonds is 5. The van der Waals surface area contributed by atoms with Crippen molar-refractivity contribution in [1.29, 1.82) is 0 Å². The lowest BCUT2D eigenvalue weighted by Crippen LogP contribution is -2.21. The van der Waals surface area contributed by atoms with Crippen LogP contribution >= 0.6 is 11.6 Å². The van der Waals surface area contributed by atoms with Gasteiger partial charge in [0.1, 0.15) is 0 Å². The average molecular weight is 382 g/mol. The van der Waals surface area contributed by atoms with E-state index in [0.717, 1.165) is 6.26 Å². The number of anilines is 1. The van der Waals surface area contributed by atoms with Gasteiger partial charge in [-0.2, -0.15) is 0 Å². The van der Waals surface area contributed by atoms with E-state index in [9.17, 15) is 18.0 Å². The summed E-state index contributed by atoms with van der Waals surface area (Å²) < 4.78 is 27.9. The Morgan fingerprint density at radius 2 is 1.84 bits per heavy atom. The maximum atomic E-state index is 12.0. The molecule has 0 aliphatic carbocycles. The molecule has 1 N–H and O–H groups in total. The lowest BCUT2D eigenvalue weighted by molar-refractivity contribution is -0.119. The van der Waals surface area contributed by atoms with Crippen LogP contribution in [0.3, 0.4) is 0 Å². The minimum Gasteiger partial charge on any atom is -0.452 e. The summed E-state index contributed by atoms with van der Waals surface area (Å²) in [5.41, 5.74) is 1.27. The van der Waals surface area contributed by atoms with Crippen LogP contribution in [0, 0.1) is 6.92 Å². The van der Waals surface area contributed by atoms with Crippen molar-refractivity contribution in [3.8, 4) is 0 Å². The number of hydrogen-bond donors (Lipinski definition) is 1. The number of esters is 1. The minimum atomic E-state index is -3.44. The van der Waals surface area contributed by atoms with Crippen molar-refractivity contribution in [3.05, 3.63) is 58.6 Å². The molecule has 0 aliphatic rings. The molecule has 2 aromatic carbocycles. The third-order valence-corrected chi connectivity index (χ3v) is 4.89. The third kappa shape index (κ3) is 5.04. The Morgan fingerprint density at radius 1 is 1.16 bits per heavy atom. The van der Waals surface area contributed by atoms with Crippen LogP contribution in [-0.4, -0.2) is 33.2 Å². The zero-order valence-electron chi connectivity index (χ0n) is 13.6. The largest absolute Gasteiger partial charge is 0.452 e. The van der Waals surface area contributed by atoms with E-state index < -0.39 is 28.3 Å². The van der Waals surface area contributed by atoms with E-state index in [1.165, 1.54) is 24.3 Å². The highest BCUT2D eigenvalue weighted by atomic mass is 35.5. The Labute approximate surface area is 150 Å². The van der Waals surface area contributed by atoms with Crippen molar-refractivity contribution in [2.75, 3.05) is 18.2 Å². The molecular weight excluding hydrogens is 366 g/mol. The molecule has 0 bridgehead atoms. The van der Waals surface area contributed by atoms with E-state index in [4.69, 9.17) is 16.3 Å². The fourth-order valence-corrected chi connectivity index (χ4v) is 2.84. The smallest absolute Gasteiger partial charge is 0.338 e. The monoisotopic (exact) mass is 381 g/mol. The first kappa shape index (κ1) is 19.0. The van der Waals surface area contributed by atoms with Gasteiger partial charge in [-0.15, -0.1) is 0 Å². The molecule has 25 heavy (non-hydrogen) atoms. The standard InChI is InChI=1S/C17H16ClNO5S/c1-11-14(18)7-4-8-15(11)19-16(20)10-24-17(21)12-5-3-6-13(9-12)25(2,22)23/h3-9H,10H2,1-2H3,(H,19,20). The SMILES string of the molecule is Cc1c(Cl)cccc1NC(=O)COC(=O)c1cccc(S(C)(=O)=O)c1. The summed E-state index contributed by atoms with van der Waals surface area (Å²) >= 11 is 5.97. The molecule has 0 aromatic heterocycles. The summed E-state index contributed by atoms with van der Waals surface area (Å²) in [7, 11) is -3.44. The van der Waals surface area contributed by atoms with E-state index in [2.05, 4.69) is 5.32 Å². The van der Waals surface area contributed by atoms with Crippen LogP contribution in [0.5, 0.6) is 0 Å². The average Bonchev–Trinajstić information content (AvgIpc) is 2.56. The number of carbonyl (C=O) groups excluding carboxylic acids is 2.